The molecular formula is C20H21N5O2S. The minimum absolute atomic E-state index is 0.0514. The van der Waals surface area contributed by atoms with Gasteiger partial charge in [0.2, 0.25) is 11.9 Å². The average molecular weight is 395 g/mol. The molecule has 0 saturated heterocycles. The highest BCUT2D eigenvalue weighted by Gasteiger charge is 2.09. The molecule has 0 aliphatic rings. The van der Waals surface area contributed by atoms with Gasteiger partial charge in [-0.15, -0.1) is 11.8 Å². The normalized spacial score (nSPS) is 10.5. The van der Waals surface area contributed by atoms with Crippen molar-refractivity contribution in [3.63, 3.8) is 0 Å². The van der Waals surface area contributed by atoms with Gasteiger partial charge in [0.15, 0.2) is 12.4 Å². The van der Waals surface area contributed by atoms with E-state index in [1.165, 1.54) is 5.56 Å². The van der Waals surface area contributed by atoms with Crippen LogP contribution in [-0.2, 0) is 16.1 Å². The topological polar surface area (TPSA) is 103 Å². The molecule has 0 atom stereocenters. The van der Waals surface area contributed by atoms with Crippen LogP contribution in [0.2, 0.25) is 0 Å². The van der Waals surface area contributed by atoms with E-state index < -0.39 is 0 Å². The monoisotopic (exact) mass is 395 g/mol. The number of carbonyl (C=O) groups is 1. The summed E-state index contributed by atoms with van der Waals surface area (Å²) in [6.07, 6.45) is 0.300. The van der Waals surface area contributed by atoms with Gasteiger partial charge in [-0.05, 0) is 31.2 Å². The molecule has 3 N–H and O–H groups in total. The second-order valence-electron chi connectivity index (χ2n) is 6.00. The molecule has 0 saturated carbocycles. The van der Waals surface area contributed by atoms with Crippen LogP contribution in [0.4, 0.5) is 17.6 Å². The van der Waals surface area contributed by atoms with E-state index in [-0.39, 0.29) is 18.5 Å². The van der Waals surface area contributed by atoms with Crippen molar-refractivity contribution in [3.05, 3.63) is 66.0 Å². The van der Waals surface area contributed by atoms with Gasteiger partial charge in [-0.2, -0.15) is 15.0 Å². The number of hydrogen-bond donors (Lipinski definition) is 2. The number of nitrogens with two attached hydrogens (primary N) is 1. The number of benzene rings is 2. The molecule has 1 heterocycles. The number of esters is 1. The predicted molar refractivity (Wildman–Crippen MR) is 110 cm³/mol. The molecule has 0 unspecified atom stereocenters. The van der Waals surface area contributed by atoms with Crippen molar-refractivity contribution in [1.82, 2.24) is 15.0 Å². The molecular weight excluding hydrogens is 374 g/mol. The lowest BCUT2D eigenvalue weighted by Crippen LogP contribution is -2.11. The summed E-state index contributed by atoms with van der Waals surface area (Å²) in [7, 11) is 0. The number of para-hydroxylation sites is 1. The van der Waals surface area contributed by atoms with Crippen LogP contribution in [0.15, 0.2) is 59.5 Å². The van der Waals surface area contributed by atoms with E-state index in [1.807, 2.05) is 61.5 Å². The van der Waals surface area contributed by atoms with Crippen LogP contribution in [0, 0.1) is 6.92 Å². The third-order valence-corrected chi connectivity index (χ3v) is 4.70. The summed E-state index contributed by atoms with van der Waals surface area (Å²) in [5.41, 5.74) is 7.76. The summed E-state index contributed by atoms with van der Waals surface area (Å²) >= 11 is 1.61. The van der Waals surface area contributed by atoms with Crippen LogP contribution in [0.3, 0.4) is 0 Å². The maximum Gasteiger partial charge on any atom is 0.307 e. The molecule has 0 bridgehead atoms. The number of aryl methyl sites for hydroxylation is 1. The molecule has 0 fully saturated rings. The molecule has 28 heavy (non-hydrogen) atoms. The van der Waals surface area contributed by atoms with Crippen molar-refractivity contribution in [2.24, 2.45) is 0 Å². The number of thioether (sulfide) groups is 1. The van der Waals surface area contributed by atoms with Crippen LogP contribution in [0.1, 0.15) is 17.8 Å². The Kier molecular flexibility index (Phi) is 6.80. The van der Waals surface area contributed by atoms with Gasteiger partial charge in [-0.1, -0.05) is 35.9 Å². The maximum absolute atomic E-state index is 12.0. The van der Waals surface area contributed by atoms with Crippen LogP contribution >= 0.6 is 11.8 Å². The Labute approximate surface area is 167 Å². The van der Waals surface area contributed by atoms with Gasteiger partial charge in [0, 0.05) is 16.3 Å². The number of anilines is 3. The van der Waals surface area contributed by atoms with E-state index in [2.05, 4.69) is 20.3 Å². The Bertz CT molecular complexity index is 920. The van der Waals surface area contributed by atoms with E-state index in [9.17, 15) is 4.79 Å². The first-order valence-corrected chi connectivity index (χ1v) is 9.74. The summed E-state index contributed by atoms with van der Waals surface area (Å²) in [4.78, 5) is 25.4. The zero-order valence-electron chi connectivity index (χ0n) is 15.5. The average Bonchev–Trinajstić information content (AvgIpc) is 2.68. The molecule has 144 valence electrons. The molecule has 0 aliphatic heterocycles. The van der Waals surface area contributed by atoms with E-state index >= 15 is 0 Å². The second-order valence-corrected chi connectivity index (χ2v) is 7.16. The molecule has 0 aliphatic carbocycles. The van der Waals surface area contributed by atoms with Crippen molar-refractivity contribution in [2.45, 2.75) is 24.8 Å². The highest BCUT2D eigenvalue weighted by molar-refractivity contribution is 7.99. The van der Waals surface area contributed by atoms with Crippen molar-refractivity contribution in [2.75, 3.05) is 16.8 Å². The summed E-state index contributed by atoms with van der Waals surface area (Å²) in [6.45, 7) is 1.99. The van der Waals surface area contributed by atoms with Gasteiger partial charge >= 0.3 is 5.97 Å². The van der Waals surface area contributed by atoms with Gasteiger partial charge in [0.05, 0.1) is 6.42 Å². The first kappa shape index (κ1) is 19.6. The fourth-order valence-electron chi connectivity index (χ4n) is 2.31. The molecule has 2 aromatic carbocycles. The van der Waals surface area contributed by atoms with Crippen molar-refractivity contribution in [1.29, 1.82) is 0 Å². The van der Waals surface area contributed by atoms with Crippen molar-refractivity contribution < 1.29 is 9.53 Å². The minimum Gasteiger partial charge on any atom is -0.457 e. The highest BCUT2D eigenvalue weighted by Crippen LogP contribution is 2.19. The van der Waals surface area contributed by atoms with E-state index in [0.717, 1.165) is 10.6 Å². The number of carbonyl (C=O) groups excluding carboxylic acids is 1. The Hall–Kier alpha value is -3.13. The number of nitrogens with zero attached hydrogens (tertiary/aromatic N) is 3. The lowest BCUT2D eigenvalue weighted by molar-refractivity contribution is -0.144. The van der Waals surface area contributed by atoms with Gasteiger partial charge in [0.25, 0.3) is 0 Å². The quantitative estimate of drug-likeness (QED) is 0.439. The number of rotatable bonds is 8. The molecule has 3 rings (SSSR count). The molecule has 7 nitrogen and oxygen atoms in total. The lowest BCUT2D eigenvalue weighted by atomic mass is 10.2. The zero-order valence-corrected chi connectivity index (χ0v) is 16.3. The number of hydrogen-bond acceptors (Lipinski definition) is 8. The third kappa shape index (κ3) is 6.24. The standard InChI is InChI=1S/C20H21N5O2S/c1-14-7-9-16(10-8-14)28-12-11-18(26)27-13-17-23-19(21)25-20(24-17)22-15-5-3-2-4-6-15/h2-10H,11-13H2,1H3,(H3,21,22,23,24,25). The minimum atomic E-state index is -0.309. The number of aromatic nitrogens is 3. The number of nitrogen functional groups attached to an aromatic ring is 1. The second kappa shape index (κ2) is 9.70. The molecule has 0 radical (unpaired) electrons. The number of nitrogens with one attached hydrogen (secondary N) is 1. The summed E-state index contributed by atoms with van der Waals surface area (Å²) in [5, 5.41) is 3.04. The Morgan fingerprint density at radius 2 is 1.82 bits per heavy atom. The third-order valence-electron chi connectivity index (χ3n) is 3.69. The van der Waals surface area contributed by atoms with Crippen LogP contribution < -0.4 is 11.1 Å². The lowest BCUT2D eigenvalue weighted by Gasteiger charge is -2.08. The molecule has 8 heteroatoms. The fourth-order valence-corrected chi connectivity index (χ4v) is 3.15. The molecule has 0 amide bonds. The largest absolute Gasteiger partial charge is 0.457 e. The van der Waals surface area contributed by atoms with Gasteiger partial charge in [-0.25, -0.2) is 0 Å². The molecule has 0 spiro atoms. The van der Waals surface area contributed by atoms with Crippen molar-refractivity contribution in [3.8, 4) is 0 Å². The molecule has 3 aromatic rings. The first-order chi connectivity index (χ1) is 13.6. The van der Waals surface area contributed by atoms with Crippen LogP contribution in [-0.4, -0.2) is 26.7 Å². The zero-order chi connectivity index (χ0) is 19.8. The van der Waals surface area contributed by atoms with E-state index in [4.69, 9.17) is 10.5 Å². The Morgan fingerprint density at radius 3 is 2.57 bits per heavy atom. The maximum atomic E-state index is 12.0. The SMILES string of the molecule is Cc1ccc(SCCC(=O)OCc2nc(N)nc(Nc3ccccc3)n2)cc1. The number of ether oxygens (including phenoxy) is 1. The smallest absolute Gasteiger partial charge is 0.307 e. The Morgan fingerprint density at radius 1 is 1.07 bits per heavy atom. The summed E-state index contributed by atoms with van der Waals surface area (Å²) < 4.78 is 5.26. The van der Waals surface area contributed by atoms with Gasteiger partial charge < -0.3 is 15.8 Å². The molecule has 1 aromatic heterocycles. The fraction of sp³-hybridized carbons (Fsp3) is 0.200. The van der Waals surface area contributed by atoms with Crippen molar-refractivity contribution >= 4 is 35.3 Å². The van der Waals surface area contributed by atoms with E-state index in [1.54, 1.807) is 11.8 Å². The first-order valence-electron chi connectivity index (χ1n) is 8.76. The summed E-state index contributed by atoms with van der Waals surface area (Å²) in [5.74, 6) is 0.998. The van der Waals surface area contributed by atoms with Gasteiger partial charge in [0.1, 0.15) is 0 Å². The summed E-state index contributed by atoms with van der Waals surface area (Å²) in [6, 6.07) is 17.6. The Balaban J connectivity index is 1.48. The van der Waals surface area contributed by atoms with Crippen LogP contribution in [0.5, 0.6) is 0 Å². The van der Waals surface area contributed by atoms with E-state index in [0.29, 0.717) is 23.9 Å². The van der Waals surface area contributed by atoms with Crippen LogP contribution in [0.25, 0.3) is 0 Å². The van der Waals surface area contributed by atoms with Gasteiger partial charge in [-0.3, -0.25) is 4.79 Å². The highest BCUT2D eigenvalue weighted by atomic mass is 32.2. The predicted octanol–water partition coefficient (Wildman–Crippen LogP) is 3.73.